The monoisotopic (exact) mass is 276 g/mol. The van der Waals surface area contributed by atoms with Crippen LogP contribution in [0.25, 0.3) is 0 Å². The average Bonchev–Trinajstić information content (AvgIpc) is 2.38. The normalized spacial score (nSPS) is 16.5. The Bertz CT molecular complexity index is 452. The van der Waals surface area contributed by atoms with E-state index in [0.717, 1.165) is 26.2 Å². The van der Waals surface area contributed by atoms with Gasteiger partial charge in [-0.1, -0.05) is 12.1 Å². The number of hydrogen-bond acceptors (Lipinski definition) is 4. The summed E-state index contributed by atoms with van der Waals surface area (Å²) < 4.78 is 5.19. The molecule has 1 saturated heterocycles. The maximum atomic E-state index is 11.6. The Morgan fingerprint density at radius 3 is 2.55 bits per heavy atom. The highest BCUT2D eigenvalue weighted by Crippen LogP contribution is 2.17. The molecular weight excluding hydrogens is 252 g/mol. The Labute approximate surface area is 121 Å². The van der Waals surface area contributed by atoms with Gasteiger partial charge in [-0.15, -0.1) is 0 Å². The molecular formula is C16H24N2O2. The van der Waals surface area contributed by atoms with Crippen LogP contribution in [0.5, 0.6) is 0 Å². The van der Waals surface area contributed by atoms with E-state index in [4.69, 9.17) is 4.74 Å². The molecule has 0 aliphatic carbocycles. The lowest BCUT2D eigenvalue weighted by atomic mass is 10.2. The van der Waals surface area contributed by atoms with Crippen molar-refractivity contribution in [2.75, 3.05) is 37.6 Å². The van der Waals surface area contributed by atoms with Crippen LogP contribution in [0, 0.1) is 6.92 Å². The molecule has 0 spiro atoms. The summed E-state index contributed by atoms with van der Waals surface area (Å²) in [6.07, 6.45) is -0.0314. The topological polar surface area (TPSA) is 32.8 Å². The number of carbonyl (C=O) groups is 1. The van der Waals surface area contributed by atoms with Crippen LogP contribution in [-0.2, 0) is 9.53 Å². The summed E-state index contributed by atoms with van der Waals surface area (Å²) in [4.78, 5) is 16.2. The third-order valence-electron chi connectivity index (χ3n) is 3.46. The highest BCUT2D eigenvalue weighted by molar-refractivity contribution is 5.71. The fourth-order valence-electron chi connectivity index (χ4n) is 2.47. The molecule has 4 nitrogen and oxygen atoms in total. The summed E-state index contributed by atoms with van der Waals surface area (Å²) in [5, 5.41) is 0. The van der Waals surface area contributed by atoms with E-state index in [0.29, 0.717) is 6.54 Å². The number of anilines is 1. The van der Waals surface area contributed by atoms with E-state index in [1.165, 1.54) is 11.3 Å². The lowest BCUT2D eigenvalue weighted by Gasteiger charge is -2.35. The van der Waals surface area contributed by atoms with E-state index in [1.54, 1.807) is 0 Å². The van der Waals surface area contributed by atoms with Crippen LogP contribution < -0.4 is 4.90 Å². The number of nitrogens with zero attached hydrogens (tertiary/aromatic N) is 2. The SMILES string of the molecule is Cc1cccc(N2CCN(CC(=O)OC(C)C)CC2)c1. The van der Waals surface area contributed by atoms with Crippen molar-refractivity contribution in [1.29, 1.82) is 0 Å². The van der Waals surface area contributed by atoms with E-state index < -0.39 is 0 Å². The summed E-state index contributed by atoms with van der Waals surface area (Å²) >= 11 is 0. The number of piperazine rings is 1. The molecule has 0 radical (unpaired) electrons. The molecule has 2 rings (SSSR count). The van der Waals surface area contributed by atoms with Crippen LogP contribution in [-0.4, -0.2) is 49.7 Å². The molecule has 0 N–H and O–H groups in total. The van der Waals surface area contributed by atoms with Crippen molar-refractivity contribution in [2.45, 2.75) is 26.9 Å². The second-order valence-electron chi connectivity index (χ2n) is 5.64. The van der Waals surface area contributed by atoms with Gasteiger partial charge in [-0.05, 0) is 38.5 Å². The quantitative estimate of drug-likeness (QED) is 0.788. The zero-order valence-electron chi connectivity index (χ0n) is 12.6. The predicted molar refractivity (Wildman–Crippen MR) is 81.1 cm³/mol. The molecule has 0 atom stereocenters. The molecule has 0 aromatic heterocycles. The number of rotatable bonds is 4. The third kappa shape index (κ3) is 4.23. The lowest BCUT2D eigenvalue weighted by Crippen LogP contribution is -2.48. The maximum Gasteiger partial charge on any atom is 0.320 e. The van der Waals surface area contributed by atoms with Gasteiger partial charge >= 0.3 is 5.97 Å². The van der Waals surface area contributed by atoms with Crippen molar-refractivity contribution in [3.8, 4) is 0 Å². The third-order valence-corrected chi connectivity index (χ3v) is 3.46. The van der Waals surface area contributed by atoms with Crippen molar-refractivity contribution in [1.82, 2.24) is 4.90 Å². The van der Waals surface area contributed by atoms with Gasteiger partial charge in [-0.2, -0.15) is 0 Å². The van der Waals surface area contributed by atoms with E-state index in [-0.39, 0.29) is 12.1 Å². The molecule has 1 aliphatic heterocycles. The second-order valence-corrected chi connectivity index (χ2v) is 5.64. The van der Waals surface area contributed by atoms with E-state index in [1.807, 2.05) is 13.8 Å². The van der Waals surface area contributed by atoms with Crippen molar-refractivity contribution in [2.24, 2.45) is 0 Å². The van der Waals surface area contributed by atoms with Gasteiger partial charge in [0.05, 0.1) is 12.6 Å². The molecule has 4 heteroatoms. The fourth-order valence-corrected chi connectivity index (χ4v) is 2.47. The van der Waals surface area contributed by atoms with Crippen LogP contribution in [0.3, 0.4) is 0 Å². The number of esters is 1. The fraction of sp³-hybridized carbons (Fsp3) is 0.562. The minimum atomic E-state index is -0.121. The van der Waals surface area contributed by atoms with Gasteiger partial charge in [0.15, 0.2) is 0 Å². The summed E-state index contributed by atoms with van der Waals surface area (Å²) in [7, 11) is 0. The number of benzene rings is 1. The standard InChI is InChI=1S/C16H24N2O2/c1-13(2)20-16(19)12-17-7-9-18(10-8-17)15-6-4-5-14(3)11-15/h4-6,11,13H,7-10,12H2,1-3H3. The first kappa shape index (κ1) is 14.9. The van der Waals surface area contributed by atoms with E-state index in [9.17, 15) is 4.79 Å². The van der Waals surface area contributed by atoms with Gasteiger partial charge in [0.25, 0.3) is 0 Å². The largest absolute Gasteiger partial charge is 0.462 e. The Hall–Kier alpha value is -1.55. The Kier molecular flexibility index (Phi) is 5.01. The summed E-state index contributed by atoms with van der Waals surface area (Å²) in [6.45, 7) is 10.0. The number of hydrogen-bond donors (Lipinski definition) is 0. The summed E-state index contributed by atoms with van der Waals surface area (Å²) in [5.41, 5.74) is 2.56. The molecule has 0 unspecified atom stereocenters. The molecule has 1 fully saturated rings. The van der Waals surface area contributed by atoms with Gasteiger partial charge < -0.3 is 9.64 Å². The van der Waals surface area contributed by atoms with Crippen LogP contribution in [0.15, 0.2) is 24.3 Å². The first-order chi connectivity index (χ1) is 9.54. The highest BCUT2D eigenvalue weighted by atomic mass is 16.5. The highest BCUT2D eigenvalue weighted by Gasteiger charge is 2.20. The Balaban J connectivity index is 1.82. The van der Waals surface area contributed by atoms with Crippen LogP contribution in [0.2, 0.25) is 0 Å². The summed E-state index contributed by atoms with van der Waals surface area (Å²) in [5.74, 6) is -0.121. The molecule has 1 aliphatic rings. The van der Waals surface area contributed by atoms with Crippen LogP contribution in [0.1, 0.15) is 19.4 Å². The van der Waals surface area contributed by atoms with Gasteiger partial charge in [-0.25, -0.2) is 0 Å². The maximum absolute atomic E-state index is 11.6. The van der Waals surface area contributed by atoms with Crippen molar-refractivity contribution >= 4 is 11.7 Å². The van der Waals surface area contributed by atoms with E-state index >= 15 is 0 Å². The zero-order valence-corrected chi connectivity index (χ0v) is 12.6. The van der Waals surface area contributed by atoms with Gasteiger partial charge in [0.1, 0.15) is 0 Å². The van der Waals surface area contributed by atoms with Crippen LogP contribution >= 0.6 is 0 Å². The average molecular weight is 276 g/mol. The number of aryl methyl sites for hydroxylation is 1. The van der Waals surface area contributed by atoms with Crippen molar-refractivity contribution in [3.63, 3.8) is 0 Å². The van der Waals surface area contributed by atoms with Crippen molar-refractivity contribution < 1.29 is 9.53 Å². The minimum Gasteiger partial charge on any atom is -0.462 e. The number of carbonyl (C=O) groups excluding carboxylic acids is 1. The van der Waals surface area contributed by atoms with Gasteiger partial charge in [-0.3, -0.25) is 9.69 Å². The molecule has 20 heavy (non-hydrogen) atoms. The smallest absolute Gasteiger partial charge is 0.320 e. The van der Waals surface area contributed by atoms with Crippen molar-refractivity contribution in [3.05, 3.63) is 29.8 Å². The van der Waals surface area contributed by atoms with Gasteiger partial charge in [0.2, 0.25) is 0 Å². The summed E-state index contributed by atoms with van der Waals surface area (Å²) in [6, 6.07) is 8.57. The Morgan fingerprint density at radius 2 is 1.95 bits per heavy atom. The Morgan fingerprint density at radius 1 is 1.25 bits per heavy atom. The minimum absolute atomic E-state index is 0.0314. The predicted octanol–water partition coefficient (Wildman–Crippen LogP) is 2.07. The molecule has 1 aromatic carbocycles. The second kappa shape index (κ2) is 6.75. The molecule has 0 amide bonds. The molecule has 1 heterocycles. The van der Waals surface area contributed by atoms with Crippen LogP contribution in [0.4, 0.5) is 5.69 Å². The number of ether oxygens (including phenoxy) is 1. The molecule has 0 bridgehead atoms. The van der Waals surface area contributed by atoms with E-state index in [2.05, 4.69) is 41.0 Å². The first-order valence-corrected chi connectivity index (χ1v) is 7.28. The lowest BCUT2D eigenvalue weighted by molar-refractivity contribution is -0.148. The molecule has 1 aromatic rings. The molecule has 0 saturated carbocycles. The first-order valence-electron chi connectivity index (χ1n) is 7.28. The molecule has 110 valence electrons. The zero-order chi connectivity index (χ0) is 14.5. The van der Waals surface area contributed by atoms with Gasteiger partial charge in [0, 0.05) is 31.9 Å².